The van der Waals surface area contributed by atoms with Crippen LogP contribution in [-0.2, 0) is 14.8 Å². The van der Waals surface area contributed by atoms with Gasteiger partial charge in [-0.1, -0.05) is 13.8 Å². The molecular formula is C20H23N3O5S. The maximum absolute atomic E-state index is 12.7. The molecule has 2 aromatic carbocycles. The summed E-state index contributed by atoms with van der Waals surface area (Å²) in [6.07, 6.45) is 1.69. The van der Waals surface area contributed by atoms with Gasteiger partial charge in [-0.3, -0.25) is 4.79 Å². The summed E-state index contributed by atoms with van der Waals surface area (Å²) in [4.78, 5) is 17.5. The quantitative estimate of drug-likeness (QED) is 0.451. The molecule has 1 aromatic heterocycles. The minimum absolute atomic E-state index is 0.0539. The zero-order valence-electron chi connectivity index (χ0n) is 16.6. The van der Waals surface area contributed by atoms with E-state index >= 15 is 0 Å². The second kappa shape index (κ2) is 7.84. The number of furan rings is 1. The van der Waals surface area contributed by atoms with Crippen molar-refractivity contribution in [1.29, 1.82) is 0 Å². The van der Waals surface area contributed by atoms with Crippen molar-refractivity contribution in [2.45, 2.75) is 24.8 Å². The van der Waals surface area contributed by atoms with Gasteiger partial charge < -0.3 is 14.4 Å². The molecule has 0 bridgehead atoms. The van der Waals surface area contributed by atoms with Gasteiger partial charge in [-0.05, 0) is 36.2 Å². The van der Waals surface area contributed by atoms with E-state index in [2.05, 4.69) is 9.71 Å². The molecule has 3 aromatic rings. The van der Waals surface area contributed by atoms with Gasteiger partial charge in [0.1, 0.15) is 17.2 Å². The molecule has 0 saturated heterocycles. The molecule has 0 amide bonds. The van der Waals surface area contributed by atoms with Crippen molar-refractivity contribution >= 4 is 50.0 Å². The number of nitrogens with one attached hydrogen (secondary N) is 1. The molecule has 3 rings (SSSR count). The number of fused-ring (bicyclic) bond motifs is 3. The molecule has 9 heteroatoms. The van der Waals surface area contributed by atoms with Crippen molar-refractivity contribution in [3.05, 3.63) is 36.4 Å². The van der Waals surface area contributed by atoms with Crippen LogP contribution in [0.3, 0.4) is 0 Å². The molecule has 0 radical (unpaired) electrons. The summed E-state index contributed by atoms with van der Waals surface area (Å²) < 4.78 is 33.4. The fourth-order valence-corrected chi connectivity index (χ4v) is 4.23. The Labute approximate surface area is 168 Å². The topological polar surface area (TPSA) is 112 Å². The van der Waals surface area contributed by atoms with Crippen LogP contribution in [0.1, 0.15) is 13.8 Å². The first kappa shape index (κ1) is 20.8. The highest BCUT2D eigenvalue weighted by molar-refractivity contribution is 7.89. The van der Waals surface area contributed by atoms with Crippen LogP contribution in [0.4, 0.5) is 5.69 Å². The Bertz CT molecular complexity index is 1200. The normalized spacial score (nSPS) is 13.6. The lowest BCUT2D eigenvalue weighted by Crippen LogP contribution is -2.44. The van der Waals surface area contributed by atoms with Gasteiger partial charge >= 0.3 is 5.97 Å². The van der Waals surface area contributed by atoms with E-state index in [0.29, 0.717) is 11.2 Å². The third kappa shape index (κ3) is 4.41. The predicted octanol–water partition coefficient (Wildman–Crippen LogP) is 3.19. The van der Waals surface area contributed by atoms with Crippen molar-refractivity contribution in [3.8, 4) is 0 Å². The lowest BCUT2D eigenvalue weighted by Gasteiger charge is -2.17. The minimum Gasteiger partial charge on any atom is -0.480 e. The number of aliphatic imine (C=N–C) groups is 1. The van der Waals surface area contributed by atoms with E-state index in [4.69, 9.17) is 4.42 Å². The molecule has 0 aliphatic rings. The fourth-order valence-electron chi connectivity index (χ4n) is 2.88. The number of carboxylic acids is 1. The van der Waals surface area contributed by atoms with Crippen molar-refractivity contribution in [3.63, 3.8) is 0 Å². The number of carboxylic acid groups (broad SMARTS) is 1. The van der Waals surface area contributed by atoms with Gasteiger partial charge in [0, 0.05) is 30.9 Å². The SMILES string of the molecule is CC(C)[C@H](NS(=O)(=O)c1ccc2c(c1)oc1ccc(/N=C/N(C)C)cc12)C(=O)O. The van der Waals surface area contributed by atoms with Crippen LogP contribution in [0.15, 0.2) is 50.7 Å². The molecule has 154 valence electrons. The number of sulfonamides is 1. The van der Waals surface area contributed by atoms with Crippen molar-refractivity contribution in [2.24, 2.45) is 10.9 Å². The first-order valence-electron chi connectivity index (χ1n) is 9.00. The van der Waals surface area contributed by atoms with Gasteiger partial charge in [-0.15, -0.1) is 0 Å². The van der Waals surface area contributed by atoms with Crippen molar-refractivity contribution in [1.82, 2.24) is 9.62 Å². The monoisotopic (exact) mass is 417 g/mol. The average molecular weight is 417 g/mol. The number of hydrogen-bond donors (Lipinski definition) is 2. The van der Waals surface area contributed by atoms with Crippen LogP contribution in [0.2, 0.25) is 0 Å². The van der Waals surface area contributed by atoms with E-state index in [0.717, 1.165) is 16.5 Å². The first-order valence-corrected chi connectivity index (χ1v) is 10.5. The molecule has 2 N–H and O–H groups in total. The third-order valence-corrected chi connectivity index (χ3v) is 5.83. The molecule has 0 fully saturated rings. The van der Waals surface area contributed by atoms with Crippen LogP contribution in [0.25, 0.3) is 21.9 Å². The van der Waals surface area contributed by atoms with Gasteiger partial charge in [0.05, 0.1) is 16.9 Å². The van der Waals surface area contributed by atoms with E-state index in [1.165, 1.54) is 12.1 Å². The largest absolute Gasteiger partial charge is 0.480 e. The summed E-state index contributed by atoms with van der Waals surface area (Å²) in [5.74, 6) is -1.63. The first-order chi connectivity index (χ1) is 13.6. The summed E-state index contributed by atoms with van der Waals surface area (Å²) in [5, 5.41) is 10.8. The van der Waals surface area contributed by atoms with E-state index in [-0.39, 0.29) is 4.90 Å². The molecule has 1 atom stereocenters. The molecule has 1 heterocycles. The molecule has 0 spiro atoms. The maximum Gasteiger partial charge on any atom is 0.322 e. The Morgan fingerprint density at radius 3 is 2.48 bits per heavy atom. The zero-order valence-corrected chi connectivity index (χ0v) is 17.4. The Hall–Kier alpha value is -2.91. The second-order valence-corrected chi connectivity index (χ2v) is 9.04. The number of nitrogens with zero attached hydrogens (tertiary/aromatic N) is 2. The highest BCUT2D eigenvalue weighted by Gasteiger charge is 2.28. The molecule has 8 nitrogen and oxygen atoms in total. The molecular weight excluding hydrogens is 394 g/mol. The van der Waals surface area contributed by atoms with E-state index in [1.54, 1.807) is 32.3 Å². The summed E-state index contributed by atoms with van der Waals surface area (Å²) in [5.41, 5.74) is 1.75. The van der Waals surface area contributed by atoms with E-state index < -0.39 is 28.0 Å². The van der Waals surface area contributed by atoms with Crippen LogP contribution >= 0.6 is 0 Å². The Kier molecular flexibility index (Phi) is 5.63. The van der Waals surface area contributed by atoms with Crippen molar-refractivity contribution < 1.29 is 22.7 Å². The lowest BCUT2D eigenvalue weighted by atomic mass is 10.1. The van der Waals surface area contributed by atoms with Gasteiger partial charge in [0.2, 0.25) is 10.0 Å². The summed E-state index contributed by atoms with van der Waals surface area (Å²) in [6, 6.07) is 8.73. The standard InChI is InChI=1S/C20H23N3O5S/c1-12(2)19(20(24)25)22-29(26,27)14-6-7-15-16-9-13(21-11-23(3)4)5-8-17(16)28-18(15)10-14/h5-12,19,22H,1-4H3,(H,24,25)/b21-11+/t19-/m0/s1. The number of aliphatic carboxylic acids is 1. The number of benzene rings is 2. The predicted molar refractivity (Wildman–Crippen MR) is 112 cm³/mol. The van der Waals surface area contributed by atoms with Gasteiger partial charge in [0.25, 0.3) is 0 Å². The van der Waals surface area contributed by atoms with Gasteiger partial charge in [-0.25, -0.2) is 13.4 Å². The smallest absolute Gasteiger partial charge is 0.322 e. The third-order valence-electron chi connectivity index (χ3n) is 4.39. The van der Waals surface area contributed by atoms with E-state index in [1.807, 2.05) is 31.1 Å². The summed E-state index contributed by atoms with van der Waals surface area (Å²) in [6.45, 7) is 3.28. The number of rotatable bonds is 7. The Morgan fingerprint density at radius 2 is 1.86 bits per heavy atom. The molecule has 0 saturated carbocycles. The minimum atomic E-state index is -4.02. The Morgan fingerprint density at radius 1 is 1.14 bits per heavy atom. The van der Waals surface area contributed by atoms with Crippen LogP contribution in [0, 0.1) is 5.92 Å². The second-order valence-electron chi connectivity index (χ2n) is 7.33. The highest BCUT2D eigenvalue weighted by atomic mass is 32.2. The summed E-state index contributed by atoms with van der Waals surface area (Å²) in [7, 11) is -0.276. The van der Waals surface area contributed by atoms with Crippen LogP contribution in [-0.4, -0.2) is 50.9 Å². The van der Waals surface area contributed by atoms with Crippen LogP contribution < -0.4 is 4.72 Å². The van der Waals surface area contributed by atoms with Crippen LogP contribution in [0.5, 0.6) is 0 Å². The molecule has 0 aliphatic heterocycles. The summed E-state index contributed by atoms with van der Waals surface area (Å²) >= 11 is 0. The number of hydrogen-bond acceptors (Lipinski definition) is 5. The zero-order chi connectivity index (χ0) is 21.3. The molecule has 0 aliphatic carbocycles. The highest BCUT2D eigenvalue weighted by Crippen LogP contribution is 2.33. The molecule has 29 heavy (non-hydrogen) atoms. The lowest BCUT2D eigenvalue weighted by molar-refractivity contribution is -0.140. The average Bonchev–Trinajstić information content (AvgIpc) is 3.01. The maximum atomic E-state index is 12.7. The van der Waals surface area contributed by atoms with Gasteiger partial charge in [-0.2, -0.15) is 4.72 Å². The van der Waals surface area contributed by atoms with Crippen molar-refractivity contribution in [2.75, 3.05) is 14.1 Å². The van der Waals surface area contributed by atoms with Gasteiger partial charge in [0.15, 0.2) is 0 Å². The fraction of sp³-hybridized carbons (Fsp3) is 0.300. The molecule has 0 unspecified atom stereocenters. The Balaban J connectivity index is 2.02. The number of carbonyl (C=O) groups is 1. The van der Waals surface area contributed by atoms with E-state index in [9.17, 15) is 18.3 Å².